The van der Waals surface area contributed by atoms with E-state index in [1.165, 1.54) is 6.07 Å². The Morgan fingerprint density at radius 2 is 1.39 bits per heavy atom. The van der Waals surface area contributed by atoms with Crippen LogP contribution in [0.5, 0.6) is 5.75 Å². The van der Waals surface area contributed by atoms with Crippen molar-refractivity contribution >= 4 is 10.8 Å². The Morgan fingerprint density at radius 3 is 1.95 bits per heavy atom. The van der Waals surface area contributed by atoms with Crippen molar-refractivity contribution in [1.29, 1.82) is 0 Å². The van der Waals surface area contributed by atoms with Gasteiger partial charge in [-0.3, -0.25) is 0 Å². The largest absolute Gasteiger partial charge is 0.429 e. The van der Waals surface area contributed by atoms with E-state index in [4.69, 9.17) is 0 Å². The fourth-order valence-electron chi connectivity index (χ4n) is 3.79. The molecule has 4 rings (SSSR count). The van der Waals surface area contributed by atoms with Gasteiger partial charge in [-0.05, 0) is 35.6 Å². The van der Waals surface area contributed by atoms with E-state index < -0.39 is 75.0 Å². The third kappa shape index (κ3) is 4.96. The summed E-state index contributed by atoms with van der Waals surface area (Å²) >= 11 is 0. The van der Waals surface area contributed by atoms with Gasteiger partial charge in [0.15, 0.2) is 23.2 Å². The first-order chi connectivity index (χ1) is 17.7. The lowest BCUT2D eigenvalue weighted by molar-refractivity contribution is -0.187. The minimum Gasteiger partial charge on any atom is -0.426 e. The molecule has 0 radical (unpaired) electrons. The Balaban J connectivity index is 1.65. The van der Waals surface area contributed by atoms with E-state index in [1.807, 2.05) is 0 Å². The fraction of sp³-hybridized carbons (Fsp3) is 0.200. The molecule has 0 aliphatic heterocycles. The van der Waals surface area contributed by atoms with Crippen molar-refractivity contribution in [2.45, 2.75) is 32.1 Å². The summed E-state index contributed by atoms with van der Waals surface area (Å²) in [7, 11) is 0. The summed E-state index contributed by atoms with van der Waals surface area (Å²) in [5.41, 5.74) is -4.15. The second kappa shape index (κ2) is 9.76. The molecule has 4 aromatic rings. The number of fused-ring (bicyclic) bond motifs is 1. The van der Waals surface area contributed by atoms with Crippen LogP contribution in [0.1, 0.15) is 30.0 Å². The number of alkyl halides is 5. The van der Waals surface area contributed by atoms with Gasteiger partial charge in [0.25, 0.3) is 0 Å². The van der Waals surface area contributed by atoms with Crippen LogP contribution < -0.4 is 4.74 Å². The minimum atomic E-state index is -5.31. The van der Waals surface area contributed by atoms with Gasteiger partial charge in [-0.15, -0.1) is 0 Å². The van der Waals surface area contributed by atoms with Crippen molar-refractivity contribution in [3.8, 4) is 17.1 Å². The zero-order valence-electron chi connectivity index (χ0n) is 19.0. The molecule has 0 bridgehead atoms. The average Bonchev–Trinajstić information content (AvgIpc) is 2.81. The lowest BCUT2D eigenvalue weighted by Crippen LogP contribution is -2.24. The van der Waals surface area contributed by atoms with Crippen LogP contribution in [0.3, 0.4) is 0 Å². The maximum absolute atomic E-state index is 14.8. The second-order valence-electron chi connectivity index (χ2n) is 8.11. The summed E-state index contributed by atoms with van der Waals surface area (Å²) in [4.78, 5) is 7.06. The lowest BCUT2D eigenvalue weighted by atomic mass is 9.99. The first kappa shape index (κ1) is 27.1. The molecule has 13 heteroatoms. The molecule has 200 valence electrons. The quantitative estimate of drug-likeness (QED) is 0.229. The van der Waals surface area contributed by atoms with Crippen molar-refractivity contribution in [3.05, 3.63) is 88.5 Å². The highest BCUT2D eigenvalue weighted by Crippen LogP contribution is 2.38. The predicted molar refractivity (Wildman–Crippen MR) is 115 cm³/mol. The molecular formula is C25H14F10N2O. The van der Waals surface area contributed by atoms with Crippen molar-refractivity contribution < 1.29 is 48.6 Å². The van der Waals surface area contributed by atoms with E-state index in [2.05, 4.69) is 14.7 Å². The van der Waals surface area contributed by atoms with E-state index >= 15 is 0 Å². The summed E-state index contributed by atoms with van der Waals surface area (Å²) < 4.78 is 144. The topological polar surface area (TPSA) is 35.0 Å². The summed E-state index contributed by atoms with van der Waals surface area (Å²) in [6.45, 7) is 1.73. The average molecular weight is 548 g/mol. The first-order valence-electron chi connectivity index (χ1n) is 10.8. The van der Waals surface area contributed by atoms with Gasteiger partial charge in [0.05, 0.1) is 17.8 Å². The Kier molecular flexibility index (Phi) is 6.97. The number of ether oxygens (including phenoxy) is 1. The molecule has 1 aromatic heterocycles. The Hall–Kier alpha value is -3.90. The Labute approximate surface area is 207 Å². The SMILES string of the molecule is CCCc1ccc2cc(C(F)(F)Oc3cnc(-c4cc(F)c(C(F)(F)F)c(F)c4)nc3)c(F)c(F)c2c1F. The van der Waals surface area contributed by atoms with E-state index in [9.17, 15) is 43.9 Å². The molecule has 0 spiro atoms. The summed E-state index contributed by atoms with van der Waals surface area (Å²) in [6, 6.07) is 3.55. The minimum absolute atomic E-state index is 0.0825. The van der Waals surface area contributed by atoms with Gasteiger partial charge in [-0.25, -0.2) is 31.9 Å². The van der Waals surface area contributed by atoms with Gasteiger partial charge < -0.3 is 4.74 Å². The van der Waals surface area contributed by atoms with Gasteiger partial charge in [0.2, 0.25) is 0 Å². The number of halogens is 10. The summed E-state index contributed by atoms with van der Waals surface area (Å²) in [5.74, 6) is -10.2. The molecule has 0 N–H and O–H groups in total. The lowest BCUT2D eigenvalue weighted by Gasteiger charge is -2.20. The molecule has 38 heavy (non-hydrogen) atoms. The number of aromatic nitrogens is 2. The van der Waals surface area contributed by atoms with Gasteiger partial charge in [0.1, 0.15) is 28.6 Å². The third-order valence-corrected chi connectivity index (χ3v) is 5.49. The van der Waals surface area contributed by atoms with Crippen LogP contribution in [0.2, 0.25) is 0 Å². The zero-order chi connectivity index (χ0) is 28.0. The van der Waals surface area contributed by atoms with E-state index in [-0.39, 0.29) is 17.4 Å². The van der Waals surface area contributed by atoms with Crippen LogP contribution in [-0.4, -0.2) is 9.97 Å². The Morgan fingerprint density at radius 1 is 0.789 bits per heavy atom. The highest BCUT2D eigenvalue weighted by molar-refractivity contribution is 5.85. The monoisotopic (exact) mass is 548 g/mol. The normalized spacial score (nSPS) is 12.3. The van der Waals surface area contributed by atoms with E-state index in [0.29, 0.717) is 37.0 Å². The van der Waals surface area contributed by atoms with E-state index in [1.54, 1.807) is 6.92 Å². The number of rotatable bonds is 6. The van der Waals surface area contributed by atoms with Gasteiger partial charge in [-0.2, -0.15) is 22.0 Å². The zero-order valence-corrected chi connectivity index (χ0v) is 19.0. The molecule has 0 atom stereocenters. The molecule has 0 amide bonds. The highest BCUT2D eigenvalue weighted by atomic mass is 19.4. The summed E-state index contributed by atoms with van der Waals surface area (Å²) in [6.07, 6.45) is -7.95. The Bertz CT molecular complexity index is 1500. The molecular weight excluding hydrogens is 534 g/mol. The first-order valence-corrected chi connectivity index (χ1v) is 10.8. The summed E-state index contributed by atoms with van der Waals surface area (Å²) in [5, 5.41) is -1.14. The van der Waals surface area contributed by atoms with Crippen LogP contribution in [-0.2, 0) is 18.7 Å². The molecule has 0 aliphatic rings. The fourth-order valence-corrected chi connectivity index (χ4v) is 3.79. The molecule has 0 saturated heterocycles. The van der Waals surface area contributed by atoms with Crippen LogP contribution in [0.25, 0.3) is 22.2 Å². The molecule has 1 heterocycles. The van der Waals surface area contributed by atoms with Gasteiger partial charge >= 0.3 is 12.3 Å². The number of benzene rings is 3. The van der Waals surface area contributed by atoms with E-state index in [0.717, 1.165) is 6.07 Å². The maximum Gasteiger partial charge on any atom is 0.429 e. The molecule has 0 aliphatic carbocycles. The standard InChI is InChI=1S/C25H14F10N2O/c1-2-3-11-4-5-12-6-15(21(29)22(30)18(12)20(11)28)25(34,35)38-14-9-36-23(37-10-14)13-7-16(26)19(17(27)8-13)24(31,32)33/h4-10H,2-3H2,1H3. The maximum atomic E-state index is 14.8. The number of aryl methyl sites for hydroxylation is 1. The third-order valence-electron chi connectivity index (χ3n) is 5.49. The van der Waals surface area contributed by atoms with Crippen molar-refractivity contribution in [2.24, 2.45) is 0 Å². The van der Waals surface area contributed by atoms with Gasteiger partial charge in [-0.1, -0.05) is 25.5 Å². The molecule has 0 unspecified atom stereocenters. The number of hydrogen-bond acceptors (Lipinski definition) is 3. The molecule has 0 fully saturated rings. The smallest absolute Gasteiger partial charge is 0.426 e. The highest BCUT2D eigenvalue weighted by Gasteiger charge is 2.41. The molecule has 3 nitrogen and oxygen atoms in total. The van der Waals surface area contributed by atoms with Crippen LogP contribution >= 0.6 is 0 Å². The molecule has 0 saturated carbocycles. The second-order valence-corrected chi connectivity index (χ2v) is 8.11. The van der Waals surface area contributed by atoms with Crippen LogP contribution in [0.4, 0.5) is 43.9 Å². The van der Waals surface area contributed by atoms with Crippen molar-refractivity contribution in [1.82, 2.24) is 9.97 Å². The van der Waals surface area contributed by atoms with Crippen LogP contribution in [0, 0.1) is 29.1 Å². The van der Waals surface area contributed by atoms with Crippen LogP contribution in [0.15, 0.2) is 42.7 Å². The van der Waals surface area contributed by atoms with Crippen molar-refractivity contribution in [3.63, 3.8) is 0 Å². The predicted octanol–water partition coefficient (Wildman–Crippen LogP) is 8.09. The van der Waals surface area contributed by atoms with Gasteiger partial charge in [0, 0.05) is 5.56 Å². The van der Waals surface area contributed by atoms with Crippen molar-refractivity contribution in [2.75, 3.05) is 0 Å². The number of hydrogen-bond donors (Lipinski definition) is 0. The molecule has 3 aromatic carbocycles. The number of nitrogens with zero attached hydrogens (tertiary/aromatic N) is 2.